The van der Waals surface area contributed by atoms with Gasteiger partial charge in [-0.05, 0) is 32.0 Å². The molecule has 33 heavy (non-hydrogen) atoms. The zero-order chi connectivity index (χ0) is 23.3. The highest BCUT2D eigenvalue weighted by Crippen LogP contribution is 2.33. The van der Waals surface area contributed by atoms with Crippen LogP contribution in [0.4, 0.5) is 0 Å². The first-order chi connectivity index (χ1) is 15.9. The van der Waals surface area contributed by atoms with Crippen LogP contribution in [0.5, 0.6) is 5.75 Å². The number of aliphatic hydroxyl groups is 1. The summed E-state index contributed by atoms with van der Waals surface area (Å²) in [6, 6.07) is 9.73. The maximum absolute atomic E-state index is 13.1. The van der Waals surface area contributed by atoms with Gasteiger partial charge in [-0.15, -0.1) is 0 Å². The maximum Gasteiger partial charge on any atom is 0.225 e. The lowest BCUT2D eigenvalue weighted by atomic mass is 9.82. The van der Waals surface area contributed by atoms with E-state index in [0.717, 1.165) is 51.2 Å². The predicted molar refractivity (Wildman–Crippen MR) is 127 cm³/mol. The van der Waals surface area contributed by atoms with E-state index >= 15 is 0 Å². The summed E-state index contributed by atoms with van der Waals surface area (Å²) < 4.78 is 6.30. The summed E-state index contributed by atoms with van der Waals surface area (Å²) in [5.41, 5.74) is -0.863. The highest BCUT2D eigenvalue weighted by Gasteiger charge is 2.38. The van der Waals surface area contributed by atoms with Crippen LogP contribution in [0.25, 0.3) is 0 Å². The molecule has 2 aliphatic heterocycles. The van der Waals surface area contributed by atoms with Gasteiger partial charge in [-0.2, -0.15) is 0 Å². The molecule has 2 amide bonds. The van der Waals surface area contributed by atoms with E-state index in [2.05, 4.69) is 11.9 Å². The van der Waals surface area contributed by atoms with E-state index in [-0.39, 0.29) is 30.3 Å². The standard InChI is InChI=1S/C26H39N3O4/c1-27-14-16-28(17-15-27)24(30)18-21-20-29(25(31)19-26(32)11-6-3-7-12-26)13-10-23(21)33-22-8-4-2-5-9-22/h2,4-5,8-9,21,23,32H,3,6-7,10-20H2,1H3/t21-,23-/m0/s1. The fourth-order valence-electron chi connectivity index (χ4n) is 5.45. The lowest BCUT2D eigenvalue weighted by molar-refractivity contribution is -0.144. The molecule has 1 aliphatic carbocycles. The van der Waals surface area contributed by atoms with Crippen molar-refractivity contribution >= 4 is 11.8 Å². The van der Waals surface area contributed by atoms with Crippen LogP contribution in [0, 0.1) is 5.92 Å². The predicted octanol–water partition coefficient (Wildman–Crippen LogP) is 2.53. The monoisotopic (exact) mass is 457 g/mol. The molecule has 0 unspecified atom stereocenters. The first-order valence-electron chi connectivity index (χ1n) is 12.6. The first-order valence-corrected chi connectivity index (χ1v) is 12.6. The second-order valence-electron chi connectivity index (χ2n) is 10.2. The number of hydrogen-bond acceptors (Lipinski definition) is 5. The Morgan fingerprint density at radius 1 is 0.970 bits per heavy atom. The Morgan fingerprint density at radius 2 is 1.67 bits per heavy atom. The number of benzene rings is 1. The SMILES string of the molecule is CN1CCN(C(=O)C[C@H]2CN(C(=O)CC3(O)CCCCC3)CC[C@@H]2Oc2ccccc2)CC1. The second-order valence-corrected chi connectivity index (χ2v) is 10.2. The number of piperidine rings is 1. The fourth-order valence-corrected chi connectivity index (χ4v) is 5.45. The Kier molecular flexibility index (Phi) is 7.91. The number of piperazine rings is 1. The molecule has 7 heteroatoms. The van der Waals surface area contributed by atoms with Crippen LogP contribution in [0.15, 0.2) is 30.3 Å². The minimum absolute atomic E-state index is 0.00890. The molecule has 1 N–H and O–H groups in total. The van der Waals surface area contributed by atoms with Gasteiger partial charge in [0.1, 0.15) is 11.9 Å². The Balaban J connectivity index is 1.41. The van der Waals surface area contributed by atoms with E-state index in [1.165, 1.54) is 0 Å². The topological polar surface area (TPSA) is 73.3 Å². The van der Waals surface area contributed by atoms with E-state index in [4.69, 9.17) is 4.74 Å². The van der Waals surface area contributed by atoms with Crippen molar-refractivity contribution in [3.05, 3.63) is 30.3 Å². The molecule has 0 aromatic heterocycles. The van der Waals surface area contributed by atoms with Crippen LogP contribution in [0.1, 0.15) is 51.4 Å². The number of ether oxygens (including phenoxy) is 1. The van der Waals surface area contributed by atoms with Gasteiger partial charge >= 0.3 is 0 Å². The van der Waals surface area contributed by atoms with Gasteiger partial charge in [0.25, 0.3) is 0 Å². The molecule has 3 aliphatic rings. The van der Waals surface area contributed by atoms with Gasteiger partial charge < -0.3 is 24.5 Å². The number of carbonyl (C=O) groups is 2. The fraction of sp³-hybridized carbons (Fsp3) is 0.692. The molecule has 7 nitrogen and oxygen atoms in total. The number of para-hydroxylation sites is 1. The zero-order valence-electron chi connectivity index (χ0n) is 20.0. The van der Waals surface area contributed by atoms with Crippen molar-refractivity contribution in [3.8, 4) is 5.75 Å². The van der Waals surface area contributed by atoms with Crippen molar-refractivity contribution < 1.29 is 19.4 Å². The number of nitrogens with zero attached hydrogens (tertiary/aromatic N) is 3. The highest BCUT2D eigenvalue weighted by atomic mass is 16.5. The van der Waals surface area contributed by atoms with Gasteiger partial charge in [0.15, 0.2) is 0 Å². The summed E-state index contributed by atoms with van der Waals surface area (Å²) >= 11 is 0. The van der Waals surface area contributed by atoms with E-state index in [1.807, 2.05) is 40.1 Å². The molecule has 0 radical (unpaired) electrons. The largest absolute Gasteiger partial charge is 0.490 e. The van der Waals surface area contributed by atoms with Crippen LogP contribution >= 0.6 is 0 Å². The smallest absolute Gasteiger partial charge is 0.225 e. The molecule has 1 aromatic carbocycles. The van der Waals surface area contributed by atoms with Crippen molar-refractivity contribution in [1.82, 2.24) is 14.7 Å². The number of hydrogen-bond donors (Lipinski definition) is 1. The molecule has 0 spiro atoms. The third-order valence-corrected chi connectivity index (χ3v) is 7.60. The van der Waals surface area contributed by atoms with Gasteiger partial charge in [0.05, 0.1) is 12.0 Å². The quantitative estimate of drug-likeness (QED) is 0.711. The first kappa shape index (κ1) is 24.0. The molecule has 4 rings (SSSR count). The van der Waals surface area contributed by atoms with E-state index in [1.54, 1.807) is 0 Å². The molecule has 182 valence electrons. The van der Waals surface area contributed by atoms with E-state index in [0.29, 0.717) is 38.8 Å². The summed E-state index contributed by atoms with van der Waals surface area (Å²) in [6.45, 7) is 4.40. The molecule has 2 heterocycles. The summed E-state index contributed by atoms with van der Waals surface area (Å²) in [5, 5.41) is 10.9. The van der Waals surface area contributed by atoms with Gasteiger partial charge in [-0.1, -0.05) is 37.5 Å². The van der Waals surface area contributed by atoms with E-state index < -0.39 is 5.60 Å². The summed E-state index contributed by atoms with van der Waals surface area (Å²) in [7, 11) is 2.08. The van der Waals surface area contributed by atoms with E-state index in [9.17, 15) is 14.7 Å². The molecular formula is C26H39N3O4. The molecule has 3 fully saturated rings. The Morgan fingerprint density at radius 3 is 2.36 bits per heavy atom. The van der Waals surface area contributed by atoms with Crippen molar-refractivity contribution in [2.45, 2.75) is 63.1 Å². The van der Waals surface area contributed by atoms with Crippen molar-refractivity contribution in [2.75, 3.05) is 46.3 Å². The molecule has 1 saturated carbocycles. The molecule has 2 atom stereocenters. The van der Waals surface area contributed by atoms with Gasteiger partial charge in [-0.25, -0.2) is 0 Å². The molecular weight excluding hydrogens is 418 g/mol. The number of carbonyl (C=O) groups excluding carboxylic acids is 2. The van der Waals surface area contributed by atoms with Crippen molar-refractivity contribution in [1.29, 1.82) is 0 Å². The normalized spacial score (nSPS) is 26.1. The van der Waals surface area contributed by atoms with Crippen LogP contribution in [0.3, 0.4) is 0 Å². The van der Waals surface area contributed by atoms with Crippen LogP contribution in [-0.2, 0) is 9.59 Å². The lowest BCUT2D eigenvalue weighted by Crippen LogP contribution is -2.52. The van der Waals surface area contributed by atoms with Gasteiger partial charge in [-0.3, -0.25) is 9.59 Å². The third-order valence-electron chi connectivity index (χ3n) is 7.60. The minimum Gasteiger partial charge on any atom is -0.490 e. The highest BCUT2D eigenvalue weighted by molar-refractivity contribution is 5.78. The number of amides is 2. The Hall–Kier alpha value is -2.12. The summed E-state index contributed by atoms with van der Waals surface area (Å²) in [4.78, 5) is 32.3. The van der Waals surface area contributed by atoms with Crippen LogP contribution in [-0.4, -0.2) is 89.6 Å². The second kappa shape index (κ2) is 10.9. The zero-order valence-corrected chi connectivity index (χ0v) is 20.0. The number of likely N-dealkylation sites (N-methyl/N-ethyl adjacent to an activating group) is 1. The molecule has 1 aromatic rings. The molecule has 0 bridgehead atoms. The average Bonchev–Trinajstić information content (AvgIpc) is 2.81. The minimum atomic E-state index is -0.863. The van der Waals surface area contributed by atoms with Crippen molar-refractivity contribution in [2.24, 2.45) is 5.92 Å². The molecule has 2 saturated heterocycles. The Bertz CT molecular complexity index is 788. The number of likely N-dealkylation sites (tertiary alicyclic amines) is 1. The van der Waals surface area contributed by atoms with Gasteiger partial charge in [0, 0.05) is 58.0 Å². The average molecular weight is 458 g/mol. The Labute approximate surface area is 197 Å². The summed E-state index contributed by atoms with van der Waals surface area (Å²) in [5.74, 6) is 0.900. The maximum atomic E-state index is 13.1. The summed E-state index contributed by atoms with van der Waals surface area (Å²) in [6.07, 6.45) is 5.68. The van der Waals surface area contributed by atoms with Crippen LogP contribution < -0.4 is 4.74 Å². The van der Waals surface area contributed by atoms with Crippen LogP contribution in [0.2, 0.25) is 0 Å². The lowest BCUT2D eigenvalue weighted by Gasteiger charge is -2.41. The third kappa shape index (κ3) is 6.48. The van der Waals surface area contributed by atoms with Gasteiger partial charge in [0.2, 0.25) is 11.8 Å². The number of rotatable bonds is 6. The van der Waals surface area contributed by atoms with Crippen molar-refractivity contribution in [3.63, 3.8) is 0 Å².